The van der Waals surface area contributed by atoms with Crippen molar-refractivity contribution in [1.82, 2.24) is 4.72 Å². The van der Waals surface area contributed by atoms with E-state index in [0.717, 1.165) is 12.5 Å². The van der Waals surface area contributed by atoms with Crippen LogP contribution >= 0.6 is 0 Å². The van der Waals surface area contributed by atoms with Gasteiger partial charge in [0.1, 0.15) is 5.69 Å². The predicted octanol–water partition coefficient (Wildman–Crippen LogP) is 2.02. The minimum Gasteiger partial charge on any atom is -0.383 e. The van der Waals surface area contributed by atoms with Crippen molar-refractivity contribution in [3.8, 4) is 0 Å². The lowest BCUT2D eigenvalue weighted by Gasteiger charge is -2.12. The normalized spacial score (nSPS) is 20.1. The molecule has 0 aromatic heterocycles. The van der Waals surface area contributed by atoms with Gasteiger partial charge in [0.2, 0.25) is 10.0 Å². The molecule has 1 fully saturated rings. The van der Waals surface area contributed by atoms with Crippen molar-refractivity contribution in [2.45, 2.75) is 38.1 Å². The third kappa shape index (κ3) is 3.01. The fourth-order valence-electron chi connectivity index (χ4n) is 2.24. The molecular formula is C13H19N3O4S. The SMILES string of the molecule is CNc1cc(C)c(S(=O)(=O)NC2CC2(C)C)cc1[N+](=O)[O-]. The molecule has 0 spiro atoms. The summed E-state index contributed by atoms with van der Waals surface area (Å²) in [6.07, 6.45) is 0.766. The Hall–Kier alpha value is -1.67. The van der Waals surface area contributed by atoms with E-state index in [1.807, 2.05) is 13.8 Å². The van der Waals surface area contributed by atoms with Gasteiger partial charge in [-0.05, 0) is 30.4 Å². The molecule has 0 amide bonds. The first kappa shape index (κ1) is 15.7. The Balaban J connectivity index is 2.43. The molecule has 2 N–H and O–H groups in total. The van der Waals surface area contributed by atoms with Crippen LogP contribution in [0.3, 0.4) is 0 Å². The predicted molar refractivity (Wildman–Crippen MR) is 79.9 cm³/mol. The molecule has 1 aliphatic carbocycles. The molecule has 0 saturated heterocycles. The monoisotopic (exact) mass is 313 g/mol. The zero-order valence-corrected chi connectivity index (χ0v) is 13.2. The number of aryl methyl sites for hydroxylation is 1. The molecule has 1 atom stereocenters. The van der Waals surface area contributed by atoms with Gasteiger partial charge in [-0.25, -0.2) is 13.1 Å². The number of sulfonamides is 1. The Bertz CT molecular complexity index is 698. The first-order chi connectivity index (χ1) is 9.58. The maximum absolute atomic E-state index is 12.4. The van der Waals surface area contributed by atoms with E-state index in [1.165, 1.54) is 6.07 Å². The summed E-state index contributed by atoms with van der Waals surface area (Å²) in [7, 11) is -2.21. The molecule has 0 aliphatic heterocycles. The third-order valence-electron chi connectivity index (χ3n) is 3.86. The fraction of sp³-hybridized carbons (Fsp3) is 0.538. The second-order valence-corrected chi connectivity index (χ2v) is 7.69. The minimum atomic E-state index is -3.76. The lowest BCUT2D eigenvalue weighted by atomic mass is 10.2. The first-order valence-electron chi connectivity index (χ1n) is 6.57. The van der Waals surface area contributed by atoms with E-state index >= 15 is 0 Å². The summed E-state index contributed by atoms with van der Waals surface area (Å²) in [5.74, 6) is 0. The highest BCUT2D eigenvalue weighted by Crippen LogP contribution is 2.45. The summed E-state index contributed by atoms with van der Waals surface area (Å²) in [6.45, 7) is 5.57. The van der Waals surface area contributed by atoms with Crippen molar-refractivity contribution < 1.29 is 13.3 Å². The number of anilines is 1. The minimum absolute atomic E-state index is 0.0455. The molecule has 21 heavy (non-hydrogen) atoms. The van der Waals surface area contributed by atoms with E-state index in [0.29, 0.717) is 11.3 Å². The van der Waals surface area contributed by atoms with Gasteiger partial charge in [0.25, 0.3) is 5.69 Å². The van der Waals surface area contributed by atoms with Gasteiger partial charge in [0.05, 0.1) is 9.82 Å². The largest absolute Gasteiger partial charge is 0.383 e. The maximum Gasteiger partial charge on any atom is 0.293 e. The highest BCUT2D eigenvalue weighted by molar-refractivity contribution is 7.89. The standard InChI is InChI=1S/C13H19N3O4S/c1-8-5-9(14-4)10(16(17)18)6-11(8)21(19,20)15-12-7-13(12,2)3/h5-6,12,14-15H,7H2,1-4H3. The summed E-state index contributed by atoms with van der Waals surface area (Å²) in [6, 6.07) is 2.47. The Morgan fingerprint density at radius 3 is 2.38 bits per heavy atom. The quantitative estimate of drug-likeness (QED) is 0.639. The number of benzene rings is 1. The zero-order chi connectivity index (χ0) is 16.0. The van der Waals surface area contributed by atoms with Crippen LogP contribution in [-0.4, -0.2) is 26.4 Å². The lowest BCUT2D eigenvalue weighted by molar-refractivity contribution is -0.384. The molecule has 7 nitrogen and oxygen atoms in total. The zero-order valence-electron chi connectivity index (χ0n) is 12.4. The molecule has 2 rings (SSSR count). The molecule has 1 unspecified atom stereocenters. The average molecular weight is 313 g/mol. The maximum atomic E-state index is 12.4. The third-order valence-corrected chi connectivity index (χ3v) is 5.47. The van der Waals surface area contributed by atoms with E-state index < -0.39 is 14.9 Å². The van der Waals surface area contributed by atoms with E-state index in [-0.39, 0.29) is 22.0 Å². The summed E-state index contributed by atoms with van der Waals surface area (Å²) >= 11 is 0. The molecule has 8 heteroatoms. The Morgan fingerprint density at radius 1 is 1.38 bits per heavy atom. The van der Waals surface area contributed by atoms with Gasteiger partial charge in [-0.15, -0.1) is 0 Å². The number of nitrogens with zero attached hydrogens (tertiary/aromatic N) is 1. The van der Waals surface area contributed by atoms with Crippen molar-refractivity contribution in [3.63, 3.8) is 0 Å². The molecule has 0 bridgehead atoms. The number of hydrogen-bond acceptors (Lipinski definition) is 5. The summed E-state index contributed by atoms with van der Waals surface area (Å²) in [5, 5.41) is 13.8. The Labute approximate surface area is 123 Å². The molecule has 0 radical (unpaired) electrons. The van der Waals surface area contributed by atoms with Crippen LogP contribution in [0, 0.1) is 22.5 Å². The van der Waals surface area contributed by atoms with Crippen LogP contribution in [0.2, 0.25) is 0 Å². The smallest absolute Gasteiger partial charge is 0.293 e. The molecule has 1 aliphatic rings. The van der Waals surface area contributed by atoms with Crippen molar-refractivity contribution in [3.05, 3.63) is 27.8 Å². The molecule has 1 saturated carbocycles. The molecule has 1 aromatic carbocycles. The lowest BCUT2D eigenvalue weighted by Crippen LogP contribution is -2.29. The first-order valence-corrected chi connectivity index (χ1v) is 8.06. The van der Waals surface area contributed by atoms with Gasteiger partial charge in [-0.1, -0.05) is 13.8 Å². The van der Waals surface area contributed by atoms with Crippen LogP contribution in [-0.2, 0) is 10.0 Å². The Morgan fingerprint density at radius 2 is 1.95 bits per heavy atom. The molecule has 116 valence electrons. The van der Waals surface area contributed by atoms with E-state index in [9.17, 15) is 18.5 Å². The van der Waals surface area contributed by atoms with Crippen molar-refractivity contribution in [1.29, 1.82) is 0 Å². The molecule has 1 aromatic rings. The number of nitrogens with one attached hydrogen (secondary N) is 2. The molecular weight excluding hydrogens is 294 g/mol. The summed E-state index contributed by atoms with van der Waals surface area (Å²) in [5.41, 5.74) is 0.454. The number of nitro groups is 1. The van der Waals surface area contributed by atoms with Crippen LogP contribution in [0.1, 0.15) is 25.8 Å². The van der Waals surface area contributed by atoms with Gasteiger partial charge in [-0.2, -0.15) is 0 Å². The van der Waals surface area contributed by atoms with Gasteiger partial charge in [-0.3, -0.25) is 10.1 Å². The van der Waals surface area contributed by atoms with Gasteiger partial charge in [0.15, 0.2) is 0 Å². The van der Waals surface area contributed by atoms with Gasteiger partial charge >= 0.3 is 0 Å². The van der Waals surface area contributed by atoms with Gasteiger partial charge < -0.3 is 5.32 Å². The summed E-state index contributed by atoms with van der Waals surface area (Å²) < 4.78 is 27.4. The van der Waals surface area contributed by atoms with E-state index in [2.05, 4.69) is 10.0 Å². The van der Waals surface area contributed by atoms with Crippen LogP contribution in [0.25, 0.3) is 0 Å². The Kier molecular flexibility index (Phi) is 3.71. The van der Waals surface area contributed by atoms with E-state index in [4.69, 9.17) is 0 Å². The van der Waals surface area contributed by atoms with Gasteiger partial charge in [0, 0.05) is 19.2 Å². The summed E-state index contributed by atoms with van der Waals surface area (Å²) in [4.78, 5) is 10.4. The second kappa shape index (κ2) is 4.96. The van der Waals surface area contributed by atoms with Crippen LogP contribution < -0.4 is 10.0 Å². The van der Waals surface area contributed by atoms with Crippen LogP contribution in [0.4, 0.5) is 11.4 Å². The second-order valence-electron chi connectivity index (χ2n) is 6.01. The number of rotatable bonds is 5. The van der Waals surface area contributed by atoms with Crippen molar-refractivity contribution in [2.75, 3.05) is 12.4 Å². The average Bonchev–Trinajstić information content (AvgIpc) is 2.93. The van der Waals surface area contributed by atoms with E-state index in [1.54, 1.807) is 14.0 Å². The fourth-order valence-corrected chi connectivity index (χ4v) is 3.89. The van der Waals surface area contributed by atoms with Crippen LogP contribution in [0.15, 0.2) is 17.0 Å². The topological polar surface area (TPSA) is 101 Å². The van der Waals surface area contributed by atoms with Crippen molar-refractivity contribution >= 4 is 21.4 Å². The number of nitro benzene ring substituents is 1. The highest BCUT2D eigenvalue weighted by Gasteiger charge is 2.48. The highest BCUT2D eigenvalue weighted by atomic mass is 32.2. The van der Waals surface area contributed by atoms with Crippen molar-refractivity contribution in [2.24, 2.45) is 5.41 Å². The van der Waals surface area contributed by atoms with Crippen LogP contribution in [0.5, 0.6) is 0 Å². The molecule has 0 heterocycles. The number of hydrogen-bond donors (Lipinski definition) is 2.